The van der Waals surface area contributed by atoms with Crippen LogP contribution in [0.25, 0.3) is 0 Å². The van der Waals surface area contributed by atoms with Crippen molar-refractivity contribution in [2.75, 3.05) is 6.54 Å². The van der Waals surface area contributed by atoms with Gasteiger partial charge in [0, 0.05) is 17.5 Å². The molecule has 0 bridgehead atoms. The van der Waals surface area contributed by atoms with Gasteiger partial charge in [0.05, 0.1) is 15.7 Å². The molecule has 0 aromatic heterocycles. The zero-order valence-corrected chi connectivity index (χ0v) is 13.4. The van der Waals surface area contributed by atoms with Crippen molar-refractivity contribution in [2.24, 2.45) is 11.5 Å². The van der Waals surface area contributed by atoms with Crippen LogP contribution in [-0.2, 0) is 9.84 Å². The van der Waals surface area contributed by atoms with Gasteiger partial charge in [0.25, 0.3) is 0 Å². The normalized spacial score (nSPS) is 27.6. The molecule has 1 fully saturated rings. The van der Waals surface area contributed by atoms with Crippen molar-refractivity contribution in [3.05, 3.63) is 65.2 Å². The molecule has 0 amide bonds. The minimum Gasteiger partial charge on any atom is -0.329 e. The Labute approximate surface area is 135 Å². The monoisotopic (exact) mass is 336 g/mol. The van der Waals surface area contributed by atoms with Crippen molar-refractivity contribution in [1.82, 2.24) is 0 Å². The van der Waals surface area contributed by atoms with E-state index in [0.29, 0.717) is 5.02 Å². The highest BCUT2D eigenvalue weighted by Gasteiger charge is 2.68. The second-order valence-corrected chi connectivity index (χ2v) is 8.13. The Morgan fingerprint density at radius 2 is 1.64 bits per heavy atom. The Morgan fingerprint density at radius 3 is 2.18 bits per heavy atom. The second kappa shape index (κ2) is 5.35. The third kappa shape index (κ3) is 2.34. The topological polar surface area (TPSA) is 86.2 Å². The summed E-state index contributed by atoms with van der Waals surface area (Å²) in [6, 6.07) is 15.6. The lowest BCUT2D eigenvalue weighted by molar-refractivity contribution is 0.586. The van der Waals surface area contributed by atoms with Gasteiger partial charge in [-0.2, -0.15) is 0 Å². The van der Waals surface area contributed by atoms with Gasteiger partial charge in [-0.3, -0.25) is 0 Å². The van der Waals surface area contributed by atoms with Gasteiger partial charge in [-0.1, -0.05) is 41.9 Å². The van der Waals surface area contributed by atoms with E-state index in [1.165, 1.54) is 12.1 Å². The van der Waals surface area contributed by atoms with Gasteiger partial charge in [0.15, 0.2) is 9.84 Å². The van der Waals surface area contributed by atoms with E-state index in [1.807, 2.05) is 30.3 Å². The summed E-state index contributed by atoms with van der Waals surface area (Å²) in [5.41, 5.74) is 12.0. The van der Waals surface area contributed by atoms with Gasteiger partial charge in [-0.15, -0.1) is 0 Å². The molecule has 2 aromatic rings. The molecular weight excluding hydrogens is 320 g/mol. The average molecular weight is 337 g/mol. The molecule has 2 aromatic carbocycles. The van der Waals surface area contributed by atoms with E-state index >= 15 is 0 Å². The highest BCUT2D eigenvalue weighted by Crippen LogP contribution is 2.55. The van der Waals surface area contributed by atoms with E-state index in [1.54, 1.807) is 12.1 Å². The number of rotatable bonds is 4. The molecule has 0 radical (unpaired) electrons. The SMILES string of the molecule is NCC1(N)C(c2ccccc2)C1S(=O)(=O)c1ccc(Cl)cc1. The summed E-state index contributed by atoms with van der Waals surface area (Å²) in [5.74, 6) is -0.292. The molecule has 0 heterocycles. The first-order valence-corrected chi connectivity index (χ1v) is 8.87. The molecule has 1 aliphatic carbocycles. The lowest BCUT2D eigenvalue weighted by Gasteiger charge is -2.09. The maximum absolute atomic E-state index is 12.9. The molecule has 4 N–H and O–H groups in total. The minimum absolute atomic E-state index is 0.115. The quantitative estimate of drug-likeness (QED) is 0.893. The van der Waals surface area contributed by atoms with E-state index in [-0.39, 0.29) is 17.4 Å². The summed E-state index contributed by atoms with van der Waals surface area (Å²) in [7, 11) is -3.56. The Morgan fingerprint density at radius 1 is 1.05 bits per heavy atom. The Balaban J connectivity index is 2.01. The number of nitrogens with two attached hydrogens (primary N) is 2. The first-order chi connectivity index (χ1) is 10.4. The standard InChI is InChI=1S/C16H17ClN2O2S/c17-12-6-8-13(9-7-12)22(20,21)15-14(16(15,19)10-18)11-4-2-1-3-5-11/h1-9,14-15H,10,18-19H2. The molecule has 0 aliphatic heterocycles. The highest BCUT2D eigenvalue weighted by atomic mass is 35.5. The summed E-state index contributed by atoms with van der Waals surface area (Å²) in [4.78, 5) is 0.226. The van der Waals surface area contributed by atoms with Gasteiger partial charge in [0.1, 0.15) is 0 Å². The van der Waals surface area contributed by atoms with Crippen LogP contribution in [0.15, 0.2) is 59.5 Å². The van der Waals surface area contributed by atoms with Crippen molar-refractivity contribution in [2.45, 2.75) is 21.6 Å². The summed E-state index contributed by atoms with van der Waals surface area (Å²) in [6.45, 7) is 0.115. The van der Waals surface area contributed by atoms with Crippen LogP contribution in [0, 0.1) is 0 Å². The zero-order valence-electron chi connectivity index (χ0n) is 11.8. The van der Waals surface area contributed by atoms with Gasteiger partial charge in [0.2, 0.25) is 0 Å². The molecule has 0 spiro atoms. The van der Waals surface area contributed by atoms with E-state index in [4.69, 9.17) is 23.1 Å². The van der Waals surface area contributed by atoms with Crippen molar-refractivity contribution in [3.63, 3.8) is 0 Å². The predicted octanol–water partition coefficient (Wildman–Crippen LogP) is 1.94. The third-order valence-electron chi connectivity index (χ3n) is 4.29. The molecule has 6 heteroatoms. The Bertz CT molecular complexity index is 778. The fourth-order valence-corrected chi connectivity index (χ4v) is 5.50. The molecule has 116 valence electrons. The van der Waals surface area contributed by atoms with Crippen LogP contribution >= 0.6 is 11.6 Å². The average Bonchev–Trinajstić information content (AvgIpc) is 3.16. The molecule has 3 atom stereocenters. The molecule has 4 nitrogen and oxygen atoms in total. The van der Waals surface area contributed by atoms with Crippen LogP contribution in [0.1, 0.15) is 11.5 Å². The van der Waals surface area contributed by atoms with Crippen LogP contribution < -0.4 is 11.5 Å². The van der Waals surface area contributed by atoms with E-state index in [2.05, 4.69) is 0 Å². The van der Waals surface area contributed by atoms with Gasteiger partial charge in [-0.05, 0) is 29.8 Å². The number of halogens is 1. The maximum atomic E-state index is 12.9. The van der Waals surface area contributed by atoms with Gasteiger partial charge < -0.3 is 11.5 Å². The fourth-order valence-electron chi connectivity index (χ4n) is 3.05. The lowest BCUT2D eigenvalue weighted by Crippen LogP contribution is -2.39. The molecule has 0 saturated heterocycles. The zero-order chi connectivity index (χ0) is 16.0. The van der Waals surface area contributed by atoms with Crippen molar-refractivity contribution >= 4 is 21.4 Å². The maximum Gasteiger partial charge on any atom is 0.183 e. The Kier molecular flexibility index (Phi) is 3.77. The summed E-state index contributed by atoms with van der Waals surface area (Å²) >= 11 is 5.83. The van der Waals surface area contributed by atoms with Crippen LogP contribution in [0.2, 0.25) is 5.02 Å². The molecule has 3 rings (SSSR count). The smallest absolute Gasteiger partial charge is 0.183 e. The lowest BCUT2D eigenvalue weighted by atomic mass is 10.1. The van der Waals surface area contributed by atoms with Gasteiger partial charge in [-0.25, -0.2) is 8.42 Å². The first-order valence-electron chi connectivity index (χ1n) is 6.94. The molecule has 22 heavy (non-hydrogen) atoms. The van der Waals surface area contributed by atoms with Crippen LogP contribution in [0.4, 0.5) is 0 Å². The number of sulfone groups is 1. The summed E-state index contributed by atoms with van der Waals surface area (Å²) in [5, 5.41) is -0.222. The molecule has 1 saturated carbocycles. The summed E-state index contributed by atoms with van der Waals surface area (Å²) < 4.78 is 25.8. The van der Waals surface area contributed by atoms with Crippen LogP contribution in [0.5, 0.6) is 0 Å². The number of benzene rings is 2. The van der Waals surface area contributed by atoms with E-state index in [0.717, 1.165) is 5.56 Å². The van der Waals surface area contributed by atoms with E-state index in [9.17, 15) is 8.42 Å². The molecule has 3 unspecified atom stereocenters. The number of hydrogen-bond donors (Lipinski definition) is 2. The van der Waals surface area contributed by atoms with Crippen LogP contribution in [-0.4, -0.2) is 25.8 Å². The number of hydrogen-bond acceptors (Lipinski definition) is 4. The molecular formula is C16H17ClN2O2S. The minimum atomic E-state index is -3.56. The van der Waals surface area contributed by atoms with Crippen molar-refractivity contribution < 1.29 is 8.42 Å². The second-order valence-electron chi connectivity index (χ2n) is 5.62. The fraction of sp³-hybridized carbons (Fsp3) is 0.250. The molecule has 1 aliphatic rings. The van der Waals surface area contributed by atoms with Gasteiger partial charge >= 0.3 is 0 Å². The van der Waals surface area contributed by atoms with Crippen molar-refractivity contribution in [3.8, 4) is 0 Å². The van der Waals surface area contributed by atoms with E-state index < -0.39 is 20.6 Å². The van der Waals surface area contributed by atoms with Crippen LogP contribution in [0.3, 0.4) is 0 Å². The first kappa shape index (κ1) is 15.5. The summed E-state index contributed by atoms with van der Waals surface area (Å²) in [6.07, 6.45) is 0. The highest BCUT2D eigenvalue weighted by molar-refractivity contribution is 7.92. The van der Waals surface area contributed by atoms with Crippen molar-refractivity contribution in [1.29, 1.82) is 0 Å². The third-order valence-corrected chi connectivity index (χ3v) is 6.85. The predicted molar refractivity (Wildman–Crippen MR) is 87.6 cm³/mol. The Hall–Kier alpha value is -1.40. The largest absolute Gasteiger partial charge is 0.329 e.